The molecule has 0 aliphatic carbocycles. The number of amides is 2. The lowest BCUT2D eigenvalue weighted by molar-refractivity contribution is 0.0663. The van der Waals surface area contributed by atoms with Gasteiger partial charge in [0.1, 0.15) is 0 Å². The normalized spacial score (nSPS) is 19.7. The summed E-state index contributed by atoms with van der Waals surface area (Å²) in [4.78, 5) is 34.4. The molecule has 0 spiro atoms. The molecule has 0 saturated carbocycles. The Hall–Kier alpha value is -2.71. The SMILES string of the molecule is CN1CCN(C(=O)c2ccc(CN3CCc4c(c(C(=O)N5CCCC5)nn4C)C3)cc2)CC1. The van der Waals surface area contributed by atoms with Crippen LogP contribution in [-0.2, 0) is 26.6 Å². The lowest BCUT2D eigenvalue weighted by Crippen LogP contribution is -2.47. The van der Waals surface area contributed by atoms with Gasteiger partial charge in [-0.2, -0.15) is 5.10 Å². The molecule has 1 aromatic heterocycles. The number of piperazine rings is 1. The van der Waals surface area contributed by atoms with Gasteiger partial charge in [0.15, 0.2) is 5.69 Å². The number of carbonyl (C=O) groups is 2. The second kappa shape index (κ2) is 9.27. The highest BCUT2D eigenvalue weighted by molar-refractivity contribution is 5.94. The molecule has 2 aromatic rings. The lowest BCUT2D eigenvalue weighted by Gasteiger charge is -2.32. The van der Waals surface area contributed by atoms with Crippen molar-refractivity contribution >= 4 is 11.8 Å². The Morgan fingerprint density at radius 1 is 0.848 bits per heavy atom. The minimum absolute atomic E-state index is 0.0815. The maximum absolute atomic E-state index is 13.0. The van der Waals surface area contributed by atoms with Crippen molar-refractivity contribution in [1.29, 1.82) is 0 Å². The van der Waals surface area contributed by atoms with E-state index in [1.807, 2.05) is 33.7 Å². The highest BCUT2D eigenvalue weighted by Gasteiger charge is 2.30. The van der Waals surface area contributed by atoms with Crippen molar-refractivity contribution in [3.05, 3.63) is 52.3 Å². The molecule has 8 heteroatoms. The van der Waals surface area contributed by atoms with Crippen molar-refractivity contribution in [3.8, 4) is 0 Å². The molecule has 8 nitrogen and oxygen atoms in total. The van der Waals surface area contributed by atoms with E-state index in [0.717, 1.165) is 89.3 Å². The predicted octanol–water partition coefficient (Wildman–Crippen LogP) is 1.60. The van der Waals surface area contributed by atoms with Crippen molar-refractivity contribution in [1.82, 2.24) is 29.4 Å². The summed E-state index contributed by atoms with van der Waals surface area (Å²) in [6, 6.07) is 8.05. The summed E-state index contributed by atoms with van der Waals surface area (Å²) in [5.74, 6) is 0.204. The van der Waals surface area contributed by atoms with Crippen molar-refractivity contribution in [2.24, 2.45) is 7.05 Å². The van der Waals surface area contributed by atoms with Crippen molar-refractivity contribution in [2.45, 2.75) is 32.4 Å². The van der Waals surface area contributed by atoms with E-state index in [2.05, 4.69) is 34.1 Å². The molecule has 2 amide bonds. The van der Waals surface area contributed by atoms with Crippen LogP contribution in [0.5, 0.6) is 0 Å². The Labute approximate surface area is 195 Å². The fraction of sp³-hybridized carbons (Fsp3) is 0.560. The number of carbonyl (C=O) groups excluding carboxylic acids is 2. The zero-order valence-corrected chi connectivity index (χ0v) is 19.8. The van der Waals surface area contributed by atoms with Gasteiger partial charge in [-0.1, -0.05) is 12.1 Å². The van der Waals surface area contributed by atoms with Gasteiger partial charge in [-0.25, -0.2) is 0 Å². The minimum Gasteiger partial charge on any atom is -0.337 e. The first-order valence-corrected chi connectivity index (χ1v) is 12.1. The third-order valence-corrected chi connectivity index (χ3v) is 7.31. The monoisotopic (exact) mass is 450 g/mol. The first-order chi connectivity index (χ1) is 16.0. The average molecular weight is 451 g/mol. The van der Waals surface area contributed by atoms with E-state index in [0.29, 0.717) is 5.69 Å². The first-order valence-electron chi connectivity index (χ1n) is 12.1. The zero-order valence-electron chi connectivity index (χ0n) is 19.8. The number of aryl methyl sites for hydroxylation is 1. The Morgan fingerprint density at radius 2 is 1.52 bits per heavy atom. The molecular weight excluding hydrogens is 416 g/mol. The van der Waals surface area contributed by atoms with Gasteiger partial charge in [0.25, 0.3) is 11.8 Å². The van der Waals surface area contributed by atoms with E-state index in [-0.39, 0.29) is 11.8 Å². The topological polar surface area (TPSA) is 64.9 Å². The fourth-order valence-electron chi connectivity index (χ4n) is 5.23. The largest absolute Gasteiger partial charge is 0.337 e. The number of likely N-dealkylation sites (N-methyl/N-ethyl adjacent to an activating group) is 1. The number of benzene rings is 1. The molecular formula is C25H34N6O2. The van der Waals surface area contributed by atoms with Gasteiger partial charge in [0, 0.05) is 89.2 Å². The van der Waals surface area contributed by atoms with Gasteiger partial charge in [-0.15, -0.1) is 0 Å². The molecule has 2 saturated heterocycles. The highest BCUT2D eigenvalue weighted by Crippen LogP contribution is 2.25. The molecule has 1 aromatic carbocycles. The maximum Gasteiger partial charge on any atom is 0.274 e. The molecule has 33 heavy (non-hydrogen) atoms. The summed E-state index contributed by atoms with van der Waals surface area (Å²) in [6.07, 6.45) is 3.06. The molecule has 0 atom stereocenters. The van der Waals surface area contributed by atoms with Crippen LogP contribution in [0.1, 0.15) is 50.5 Å². The van der Waals surface area contributed by atoms with Gasteiger partial charge in [-0.05, 0) is 37.6 Å². The molecule has 0 N–H and O–H groups in total. The summed E-state index contributed by atoms with van der Waals surface area (Å²) < 4.78 is 1.90. The van der Waals surface area contributed by atoms with Gasteiger partial charge in [0.05, 0.1) is 0 Å². The van der Waals surface area contributed by atoms with Gasteiger partial charge >= 0.3 is 0 Å². The summed E-state index contributed by atoms with van der Waals surface area (Å²) in [5, 5.41) is 4.61. The number of rotatable bonds is 4. The van der Waals surface area contributed by atoms with Crippen LogP contribution >= 0.6 is 0 Å². The molecule has 3 aliphatic heterocycles. The molecule has 0 bridgehead atoms. The van der Waals surface area contributed by atoms with Crippen molar-refractivity contribution in [3.63, 3.8) is 0 Å². The number of hydrogen-bond donors (Lipinski definition) is 0. The maximum atomic E-state index is 13.0. The summed E-state index contributed by atoms with van der Waals surface area (Å²) in [5.41, 5.74) is 4.84. The average Bonchev–Trinajstić information content (AvgIpc) is 3.48. The predicted molar refractivity (Wildman–Crippen MR) is 126 cm³/mol. The number of fused-ring (bicyclic) bond motifs is 1. The van der Waals surface area contributed by atoms with E-state index in [1.54, 1.807) is 0 Å². The van der Waals surface area contributed by atoms with E-state index in [4.69, 9.17) is 0 Å². The molecule has 5 rings (SSSR count). The standard InChI is InChI=1S/C25H34N6O2/c1-27-13-15-31(16-14-27)24(32)20-7-5-19(6-8-20)17-29-12-9-22-21(18-29)23(26-28(22)2)25(33)30-10-3-4-11-30/h5-8H,3-4,9-18H2,1-2H3. The zero-order chi connectivity index (χ0) is 22.9. The van der Waals surface area contributed by atoms with E-state index in [9.17, 15) is 9.59 Å². The Kier molecular flexibility index (Phi) is 6.21. The van der Waals surface area contributed by atoms with E-state index >= 15 is 0 Å². The Balaban J connectivity index is 1.24. The van der Waals surface area contributed by atoms with Crippen LogP contribution in [0.3, 0.4) is 0 Å². The second-order valence-electron chi connectivity index (χ2n) is 9.65. The second-order valence-corrected chi connectivity index (χ2v) is 9.65. The van der Waals surface area contributed by atoms with Gasteiger partial charge in [-0.3, -0.25) is 19.2 Å². The van der Waals surface area contributed by atoms with Gasteiger partial charge in [0.2, 0.25) is 0 Å². The highest BCUT2D eigenvalue weighted by atomic mass is 16.2. The van der Waals surface area contributed by atoms with Crippen LogP contribution in [0.15, 0.2) is 24.3 Å². The van der Waals surface area contributed by atoms with Crippen molar-refractivity contribution < 1.29 is 9.59 Å². The third kappa shape index (κ3) is 4.54. The van der Waals surface area contributed by atoms with Crippen LogP contribution in [0, 0.1) is 0 Å². The number of aromatic nitrogens is 2. The van der Waals surface area contributed by atoms with Gasteiger partial charge < -0.3 is 14.7 Å². The van der Waals surface area contributed by atoms with E-state index < -0.39 is 0 Å². The molecule has 2 fully saturated rings. The Bertz CT molecular complexity index is 1020. The quantitative estimate of drug-likeness (QED) is 0.708. The molecule has 176 valence electrons. The minimum atomic E-state index is 0.0815. The summed E-state index contributed by atoms with van der Waals surface area (Å²) in [6.45, 7) is 7.59. The van der Waals surface area contributed by atoms with E-state index in [1.165, 1.54) is 11.3 Å². The fourth-order valence-corrected chi connectivity index (χ4v) is 5.23. The summed E-state index contributed by atoms with van der Waals surface area (Å²) in [7, 11) is 4.04. The molecule has 0 radical (unpaired) electrons. The van der Waals surface area contributed by atoms with Crippen molar-refractivity contribution in [2.75, 3.05) is 52.9 Å². The number of nitrogens with zero attached hydrogens (tertiary/aromatic N) is 6. The van der Waals surface area contributed by atoms with Crippen LogP contribution in [-0.4, -0.2) is 94.1 Å². The third-order valence-electron chi connectivity index (χ3n) is 7.31. The van der Waals surface area contributed by atoms with Crippen LogP contribution < -0.4 is 0 Å². The molecule has 0 unspecified atom stereocenters. The van der Waals surface area contributed by atoms with Crippen LogP contribution in [0.25, 0.3) is 0 Å². The smallest absolute Gasteiger partial charge is 0.274 e. The Morgan fingerprint density at radius 3 is 2.21 bits per heavy atom. The lowest BCUT2D eigenvalue weighted by atomic mass is 10.0. The first kappa shape index (κ1) is 22.1. The van der Waals surface area contributed by atoms with Crippen LogP contribution in [0.2, 0.25) is 0 Å². The number of likely N-dealkylation sites (tertiary alicyclic amines) is 1. The number of hydrogen-bond acceptors (Lipinski definition) is 5. The molecule has 3 aliphatic rings. The summed E-state index contributed by atoms with van der Waals surface area (Å²) >= 11 is 0. The van der Waals surface area contributed by atoms with Crippen LogP contribution in [0.4, 0.5) is 0 Å². The molecule has 4 heterocycles.